The molecule has 0 aliphatic carbocycles. The van der Waals surface area contributed by atoms with Crippen LogP contribution >= 0.6 is 0 Å². The lowest BCUT2D eigenvalue weighted by atomic mass is 10.1. The van der Waals surface area contributed by atoms with Crippen molar-refractivity contribution >= 4 is 11.6 Å². The Hall–Kier alpha value is -2.25. The van der Waals surface area contributed by atoms with Crippen molar-refractivity contribution in [1.82, 2.24) is 14.8 Å². The Morgan fingerprint density at radius 1 is 1.50 bits per heavy atom. The standard InChI is InChI=1S/C13H17N5O2/c1-18-8-15-17-12(18)9-5-3-4-6-11(9)16-13(19)10(14)7-20-2/h3-6,8,10H,7,14H2,1-2H3,(H,16,19). The van der Waals surface area contributed by atoms with Gasteiger partial charge in [-0.15, -0.1) is 10.2 Å². The highest BCUT2D eigenvalue weighted by Crippen LogP contribution is 2.25. The number of carbonyl (C=O) groups is 1. The van der Waals surface area contributed by atoms with Gasteiger partial charge in [-0.2, -0.15) is 0 Å². The molecule has 0 aliphatic heterocycles. The van der Waals surface area contributed by atoms with Crippen molar-refractivity contribution in [2.24, 2.45) is 12.8 Å². The Morgan fingerprint density at radius 3 is 2.90 bits per heavy atom. The number of benzene rings is 1. The van der Waals surface area contributed by atoms with Gasteiger partial charge in [-0.25, -0.2) is 0 Å². The molecule has 0 spiro atoms. The van der Waals surface area contributed by atoms with E-state index in [1.54, 1.807) is 17.0 Å². The summed E-state index contributed by atoms with van der Waals surface area (Å²) in [5.41, 5.74) is 7.13. The molecule has 0 fully saturated rings. The molecule has 2 rings (SSSR count). The number of rotatable bonds is 5. The number of amides is 1. The molecule has 1 amide bonds. The first-order valence-electron chi connectivity index (χ1n) is 6.12. The molecule has 1 aromatic carbocycles. The number of carbonyl (C=O) groups excluding carboxylic acids is 1. The van der Waals surface area contributed by atoms with Crippen molar-refractivity contribution in [3.8, 4) is 11.4 Å². The number of nitrogens with zero attached hydrogens (tertiary/aromatic N) is 3. The van der Waals surface area contributed by atoms with E-state index in [2.05, 4.69) is 15.5 Å². The predicted molar refractivity (Wildman–Crippen MR) is 74.9 cm³/mol. The van der Waals surface area contributed by atoms with Gasteiger partial charge in [0, 0.05) is 19.7 Å². The van der Waals surface area contributed by atoms with E-state index in [1.165, 1.54) is 7.11 Å². The number of aromatic nitrogens is 3. The fourth-order valence-electron chi connectivity index (χ4n) is 1.79. The average molecular weight is 275 g/mol. The number of hydrogen-bond acceptors (Lipinski definition) is 5. The van der Waals surface area contributed by atoms with E-state index in [0.717, 1.165) is 5.56 Å². The van der Waals surface area contributed by atoms with Gasteiger partial charge < -0.3 is 20.4 Å². The smallest absolute Gasteiger partial charge is 0.243 e. The van der Waals surface area contributed by atoms with E-state index in [0.29, 0.717) is 11.5 Å². The number of aryl methyl sites for hydroxylation is 1. The molecule has 20 heavy (non-hydrogen) atoms. The normalized spacial score (nSPS) is 12.2. The maximum atomic E-state index is 12.0. The number of methoxy groups -OCH3 is 1. The number of ether oxygens (including phenoxy) is 1. The van der Waals surface area contributed by atoms with E-state index in [-0.39, 0.29) is 12.5 Å². The topological polar surface area (TPSA) is 95.1 Å². The summed E-state index contributed by atoms with van der Waals surface area (Å²) in [4.78, 5) is 12.0. The second kappa shape index (κ2) is 6.27. The SMILES string of the molecule is COCC(N)C(=O)Nc1ccccc1-c1nncn1C. The van der Waals surface area contributed by atoms with E-state index >= 15 is 0 Å². The molecule has 0 saturated heterocycles. The van der Waals surface area contributed by atoms with Crippen molar-refractivity contribution < 1.29 is 9.53 Å². The molecule has 0 aliphatic rings. The molecule has 1 heterocycles. The Morgan fingerprint density at radius 2 is 2.25 bits per heavy atom. The number of nitrogens with one attached hydrogen (secondary N) is 1. The first-order chi connectivity index (χ1) is 9.63. The minimum absolute atomic E-state index is 0.165. The Balaban J connectivity index is 2.25. The predicted octanol–water partition coefficient (Wildman–Crippen LogP) is 0.394. The molecule has 0 radical (unpaired) electrons. The zero-order valence-corrected chi connectivity index (χ0v) is 11.4. The van der Waals surface area contributed by atoms with Crippen molar-refractivity contribution in [3.63, 3.8) is 0 Å². The molecule has 2 aromatic rings. The zero-order chi connectivity index (χ0) is 14.5. The summed E-state index contributed by atoms with van der Waals surface area (Å²) in [6.07, 6.45) is 1.60. The fourth-order valence-corrected chi connectivity index (χ4v) is 1.79. The molecule has 106 valence electrons. The van der Waals surface area contributed by atoms with Crippen LogP contribution in [0.4, 0.5) is 5.69 Å². The van der Waals surface area contributed by atoms with Gasteiger partial charge in [0.05, 0.1) is 12.3 Å². The maximum absolute atomic E-state index is 12.0. The fraction of sp³-hybridized carbons (Fsp3) is 0.308. The van der Waals surface area contributed by atoms with E-state index in [9.17, 15) is 4.79 Å². The Kier molecular flexibility index (Phi) is 4.44. The van der Waals surface area contributed by atoms with Gasteiger partial charge in [-0.3, -0.25) is 4.79 Å². The first-order valence-corrected chi connectivity index (χ1v) is 6.12. The van der Waals surface area contributed by atoms with Crippen LogP contribution in [0.3, 0.4) is 0 Å². The monoisotopic (exact) mass is 275 g/mol. The van der Waals surface area contributed by atoms with Crippen molar-refractivity contribution in [1.29, 1.82) is 0 Å². The lowest BCUT2D eigenvalue weighted by molar-refractivity contribution is -0.118. The van der Waals surface area contributed by atoms with Gasteiger partial charge in [0.1, 0.15) is 12.4 Å². The molecule has 7 heteroatoms. The van der Waals surface area contributed by atoms with Crippen LogP contribution in [-0.2, 0) is 16.6 Å². The summed E-state index contributed by atoms with van der Waals surface area (Å²) < 4.78 is 6.65. The van der Waals surface area contributed by atoms with Crippen LogP contribution in [0.15, 0.2) is 30.6 Å². The largest absolute Gasteiger partial charge is 0.383 e. The van der Waals surface area contributed by atoms with E-state index < -0.39 is 6.04 Å². The summed E-state index contributed by atoms with van der Waals surface area (Å²) in [5, 5.41) is 10.7. The molecule has 1 unspecified atom stereocenters. The maximum Gasteiger partial charge on any atom is 0.243 e. The van der Waals surface area contributed by atoms with Gasteiger partial charge in [-0.05, 0) is 12.1 Å². The van der Waals surface area contributed by atoms with Crippen LogP contribution < -0.4 is 11.1 Å². The minimum Gasteiger partial charge on any atom is -0.383 e. The molecule has 1 atom stereocenters. The highest BCUT2D eigenvalue weighted by atomic mass is 16.5. The van der Waals surface area contributed by atoms with Crippen LogP contribution in [0.2, 0.25) is 0 Å². The lowest BCUT2D eigenvalue weighted by Gasteiger charge is -2.14. The molecule has 3 N–H and O–H groups in total. The highest BCUT2D eigenvalue weighted by Gasteiger charge is 2.16. The van der Waals surface area contributed by atoms with Crippen LogP contribution in [0.5, 0.6) is 0 Å². The van der Waals surface area contributed by atoms with Gasteiger partial charge in [0.2, 0.25) is 5.91 Å². The third-order valence-corrected chi connectivity index (χ3v) is 2.82. The van der Waals surface area contributed by atoms with Gasteiger partial charge in [-0.1, -0.05) is 12.1 Å². The molecule has 7 nitrogen and oxygen atoms in total. The quantitative estimate of drug-likeness (QED) is 0.823. The van der Waals surface area contributed by atoms with Gasteiger partial charge >= 0.3 is 0 Å². The zero-order valence-electron chi connectivity index (χ0n) is 11.4. The molecule has 0 bridgehead atoms. The number of nitrogens with two attached hydrogens (primary N) is 1. The average Bonchev–Trinajstić information content (AvgIpc) is 2.86. The summed E-state index contributed by atoms with van der Waals surface area (Å²) in [7, 11) is 3.34. The minimum atomic E-state index is -0.715. The molecular formula is C13H17N5O2. The van der Waals surface area contributed by atoms with Crippen LogP contribution in [0.1, 0.15) is 0 Å². The van der Waals surface area contributed by atoms with Crippen molar-refractivity contribution in [2.75, 3.05) is 19.0 Å². The molecular weight excluding hydrogens is 258 g/mol. The van der Waals surface area contributed by atoms with Crippen molar-refractivity contribution in [3.05, 3.63) is 30.6 Å². The Bertz CT molecular complexity index is 596. The van der Waals surface area contributed by atoms with Crippen molar-refractivity contribution in [2.45, 2.75) is 6.04 Å². The third kappa shape index (κ3) is 3.01. The van der Waals surface area contributed by atoms with Gasteiger partial charge in [0.25, 0.3) is 0 Å². The number of hydrogen-bond donors (Lipinski definition) is 2. The summed E-state index contributed by atoms with van der Waals surface area (Å²) in [6, 6.07) is 6.64. The first kappa shape index (κ1) is 14.2. The third-order valence-electron chi connectivity index (χ3n) is 2.82. The highest BCUT2D eigenvalue weighted by molar-refractivity contribution is 5.97. The second-order valence-electron chi connectivity index (χ2n) is 4.36. The second-order valence-corrected chi connectivity index (χ2v) is 4.36. The summed E-state index contributed by atoms with van der Waals surface area (Å²) >= 11 is 0. The number of anilines is 1. The molecule has 1 aromatic heterocycles. The number of para-hydroxylation sites is 1. The van der Waals surface area contributed by atoms with Crippen LogP contribution in [0.25, 0.3) is 11.4 Å². The summed E-state index contributed by atoms with van der Waals surface area (Å²) in [6.45, 7) is 0.165. The van der Waals surface area contributed by atoms with Crippen LogP contribution in [0, 0.1) is 0 Å². The lowest BCUT2D eigenvalue weighted by Crippen LogP contribution is -2.39. The molecule has 0 saturated carbocycles. The van der Waals surface area contributed by atoms with E-state index in [1.807, 2.05) is 25.2 Å². The van der Waals surface area contributed by atoms with Crippen LogP contribution in [-0.4, -0.2) is 40.4 Å². The van der Waals surface area contributed by atoms with Gasteiger partial charge in [0.15, 0.2) is 5.82 Å². The van der Waals surface area contributed by atoms with E-state index in [4.69, 9.17) is 10.5 Å². The Labute approximate surface area is 116 Å². The summed E-state index contributed by atoms with van der Waals surface area (Å²) in [5.74, 6) is 0.364.